The van der Waals surface area contributed by atoms with Crippen LogP contribution < -0.4 is 5.01 Å². The Morgan fingerprint density at radius 2 is 1.40 bits per heavy atom. The second-order valence-corrected chi connectivity index (χ2v) is 4.28. The van der Waals surface area contributed by atoms with E-state index < -0.39 is 0 Å². The molecule has 0 N–H and O–H groups in total. The lowest BCUT2D eigenvalue weighted by Crippen LogP contribution is -2.38. The smallest absolute Gasteiger partial charge is 0.0344 e. The maximum absolute atomic E-state index is 2.43. The summed E-state index contributed by atoms with van der Waals surface area (Å²) in [5, 5.41) is 5.11. The Hall–Kier alpha value is -1.44. The Bertz CT molecular complexity index is 419. The van der Waals surface area contributed by atoms with Crippen LogP contribution in [-0.4, -0.2) is 17.8 Å². The van der Waals surface area contributed by atoms with E-state index in [1.165, 1.54) is 43.1 Å². The molecule has 0 unspecified atom stereocenters. The number of piperidine rings is 1. The molecule has 1 aromatic heterocycles. The number of nitrogens with zero attached hydrogens (tertiary/aromatic N) is 2. The zero-order chi connectivity index (χ0) is 10.1. The van der Waals surface area contributed by atoms with Gasteiger partial charge in [0.15, 0.2) is 0 Å². The van der Waals surface area contributed by atoms with Crippen LogP contribution in [0.25, 0.3) is 10.8 Å². The third-order valence-electron chi connectivity index (χ3n) is 3.20. The van der Waals surface area contributed by atoms with Gasteiger partial charge in [-0.3, -0.25) is 4.68 Å². The van der Waals surface area contributed by atoms with E-state index in [1.54, 1.807) is 0 Å². The quantitative estimate of drug-likeness (QED) is 0.687. The highest BCUT2D eigenvalue weighted by atomic mass is 15.5. The van der Waals surface area contributed by atoms with Crippen molar-refractivity contribution in [2.24, 2.45) is 0 Å². The van der Waals surface area contributed by atoms with E-state index in [9.17, 15) is 0 Å². The van der Waals surface area contributed by atoms with Crippen molar-refractivity contribution in [3.05, 3.63) is 36.7 Å². The molecule has 0 spiro atoms. The van der Waals surface area contributed by atoms with Crippen molar-refractivity contribution in [2.45, 2.75) is 19.3 Å². The highest BCUT2D eigenvalue weighted by Gasteiger charge is 2.10. The van der Waals surface area contributed by atoms with Gasteiger partial charge in [0.2, 0.25) is 0 Å². The molecule has 0 saturated carbocycles. The summed E-state index contributed by atoms with van der Waals surface area (Å²) >= 11 is 0. The minimum absolute atomic E-state index is 1.20. The number of hydrogen-bond acceptors (Lipinski definition) is 1. The molecule has 15 heavy (non-hydrogen) atoms. The van der Waals surface area contributed by atoms with E-state index in [0.29, 0.717) is 0 Å². The van der Waals surface area contributed by atoms with Gasteiger partial charge in [0.25, 0.3) is 0 Å². The molecule has 3 rings (SSSR count). The normalized spacial score (nSPS) is 17.2. The first-order chi connectivity index (χ1) is 7.43. The van der Waals surface area contributed by atoms with Gasteiger partial charge >= 0.3 is 0 Å². The van der Waals surface area contributed by atoms with Crippen molar-refractivity contribution in [3.8, 4) is 0 Å². The van der Waals surface area contributed by atoms with Gasteiger partial charge in [-0.15, -0.1) is 0 Å². The Kier molecular flexibility index (Phi) is 2.13. The molecule has 0 radical (unpaired) electrons. The fourth-order valence-corrected chi connectivity index (χ4v) is 2.34. The number of rotatable bonds is 1. The van der Waals surface area contributed by atoms with Crippen molar-refractivity contribution in [1.82, 2.24) is 4.68 Å². The van der Waals surface area contributed by atoms with Crippen molar-refractivity contribution in [1.29, 1.82) is 0 Å². The van der Waals surface area contributed by atoms with Crippen LogP contribution in [0.4, 0.5) is 0 Å². The molecule has 1 aliphatic rings. The molecular weight excluding hydrogens is 184 g/mol. The van der Waals surface area contributed by atoms with Crippen LogP contribution >= 0.6 is 0 Å². The summed E-state index contributed by atoms with van der Waals surface area (Å²) in [4.78, 5) is 0. The van der Waals surface area contributed by atoms with Crippen LogP contribution in [0.1, 0.15) is 19.3 Å². The van der Waals surface area contributed by atoms with Crippen molar-refractivity contribution in [2.75, 3.05) is 18.1 Å². The topological polar surface area (TPSA) is 8.17 Å². The average Bonchev–Trinajstić information content (AvgIpc) is 2.74. The number of aromatic nitrogens is 1. The number of hydrogen-bond donors (Lipinski definition) is 0. The summed E-state index contributed by atoms with van der Waals surface area (Å²) in [7, 11) is 0. The van der Waals surface area contributed by atoms with Crippen molar-refractivity contribution < 1.29 is 0 Å². The molecule has 2 aromatic rings. The molecule has 2 nitrogen and oxygen atoms in total. The first-order valence-electron chi connectivity index (χ1n) is 5.75. The first-order valence-corrected chi connectivity index (χ1v) is 5.75. The zero-order valence-corrected chi connectivity index (χ0v) is 8.89. The second kappa shape index (κ2) is 3.61. The molecule has 0 atom stereocenters. The van der Waals surface area contributed by atoms with Crippen molar-refractivity contribution >= 4 is 10.8 Å². The Morgan fingerprint density at radius 1 is 0.800 bits per heavy atom. The van der Waals surface area contributed by atoms with E-state index in [1.807, 2.05) is 0 Å². The summed E-state index contributed by atoms with van der Waals surface area (Å²) in [6.45, 7) is 2.39. The molecule has 1 aliphatic heterocycles. The summed E-state index contributed by atoms with van der Waals surface area (Å²) < 4.78 is 2.27. The number of fused-ring (bicyclic) bond motifs is 1. The fourth-order valence-electron chi connectivity index (χ4n) is 2.34. The van der Waals surface area contributed by atoms with E-state index in [0.717, 1.165) is 0 Å². The fraction of sp³-hybridized carbons (Fsp3) is 0.385. The monoisotopic (exact) mass is 200 g/mol. The largest absolute Gasteiger partial charge is 0.313 e. The van der Waals surface area contributed by atoms with Gasteiger partial charge in [0, 0.05) is 36.3 Å². The Labute approximate surface area is 90.1 Å². The third-order valence-corrected chi connectivity index (χ3v) is 3.20. The van der Waals surface area contributed by atoms with E-state index in [-0.39, 0.29) is 0 Å². The third kappa shape index (κ3) is 1.60. The summed E-state index contributed by atoms with van der Waals surface area (Å²) in [6, 6.07) is 8.55. The average molecular weight is 200 g/mol. The van der Waals surface area contributed by atoms with E-state index >= 15 is 0 Å². The first kappa shape index (κ1) is 8.84. The molecule has 2 heterocycles. The van der Waals surface area contributed by atoms with Gasteiger partial charge < -0.3 is 5.01 Å². The molecule has 78 valence electrons. The standard InChI is InChI=1S/C13H16N2/c1-4-8-14(9-5-1)15-10-12-6-2-3-7-13(12)11-15/h2-3,6-7,10-11H,1,4-5,8-9H2. The molecular formula is C13H16N2. The predicted octanol–water partition coefficient (Wildman–Crippen LogP) is 2.76. The summed E-state index contributed by atoms with van der Waals surface area (Å²) in [5.41, 5.74) is 0. The SMILES string of the molecule is c1ccc2cn(N3CCCCC3)cc2c1. The van der Waals surface area contributed by atoms with Gasteiger partial charge in [-0.25, -0.2) is 0 Å². The van der Waals surface area contributed by atoms with Gasteiger partial charge in [0.05, 0.1) is 0 Å². The lowest BCUT2D eigenvalue weighted by molar-refractivity contribution is 0.480. The van der Waals surface area contributed by atoms with Crippen LogP contribution in [0.2, 0.25) is 0 Å². The molecule has 1 saturated heterocycles. The zero-order valence-electron chi connectivity index (χ0n) is 8.89. The predicted molar refractivity (Wildman–Crippen MR) is 63.7 cm³/mol. The maximum atomic E-state index is 2.43. The van der Waals surface area contributed by atoms with Crippen LogP contribution in [0.5, 0.6) is 0 Å². The van der Waals surface area contributed by atoms with Gasteiger partial charge in [0.1, 0.15) is 0 Å². The highest BCUT2D eigenvalue weighted by Crippen LogP contribution is 2.16. The summed E-state index contributed by atoms with van der Waals surface area (Å²) in [5.74, 6) is 0. The second-order valence-electron chi connectivity index (χ2n) is 4.28. The summed E-state index contributed by atoms with van der Waals surface area (Å²) in [6.07, 6.45) is 8.52. The van der Waals surface area contributed by atoms with Crippen LogP contribution in [0, 0.1) is 0 Å². The minimum Gasteiger partial charge on any atom is -0.313 e. The Morgan fingerprint density at radius 3 is 2.00 bits per heavy atom. The lowest BCUT2D eigenvalue weighted by atomic mass is 10.2. The minimum atomic E-state index is 1.20. The lowest BCUT2D eigenvalue weighted by Gasteiger charge is -2.29. The highest BCUT2D eigenvalue weighted by molar-refractivity contribution is 5.82. The maximum Gasteiger partial charge on any atom is 0.0344 e. The van der Waals surface area contributed by atoms with Crippen molar-refractivity contribution in [3.63, 3.8) is 0 Å². The van der Waals surface area contributed by atoms with Gasteiger partial charge in [-0.1, -0.05) is 24.3 Å². The van der Waals surface area contributed by atoms with Gasteiger partial charge in [-0.05, 0) is 19.3 Å². The molecule has 0 amide bonds. The van der Waals surface area contributed by atoms with E-state index in [2.05, 4.69) is 46.3 Å². The van der Waals surface area contributed by atoms with E-state index in [4.69, 9.17) is 0 Å². The van der Waals surface area contributed by atoms with Crippen LogP contribution in [0.15, 0.2) is 36.7 Å². The molecule has 0 bridgehead atoms. The molecule has 0 aliphatic carbocycles. The molecule has 1 aromatic carbocycles. The Balaban J connectivity index is 1.96. The molecule has 1 fully saturated rings. The number of benzene rings is 1. The molecule has 2 heteroatoms. The van der Waals surface area contributed by atoms with Crippen LogP contribution in [0.3, 0.4) is 0 Å². The van der Waals surface area contributed by atoms with Crippen LogP contribution in [-0.2, 0) is 0 Å². The van der Waals surface area contributed by atoms with Gasteiger partial charge in [-0.2, -0.15) is 0 Å².